The van der Waals surface area contributed by atoms with E-state index in [9.17, 15) is 14.4 Å². The second-order valence-electron chi connectivity index (χ2n) is 14.2. The summed E-state index contributed by atoms with van der Waals surface area (Å²) < 4.78 is 21.0. The third-order valence-corrected chi connectivity index (χ3v) is 11.7. The molecule has 0 radical (unpaired) electrons. The van der Waals surface area contributed by atoms with Gasteiger partial charge in [-0.15, -0.1) is 11.8 Å². The Morgan fingerprint density at radius 2 is 1.73 bits per heavy atom. The van der Waals surface area contributed by atoms with Crippen LogP contribution < -0.4 is 10.2 Å². The Labute approximate surface area is 292 Å². The van der Waals surface area contributed by atoms with Crippen molar-refractivity contribution in [1.82, 2.24) is 19.6 Å². The van der Waals surface area contributed by atoms with E-state index in [-0.39, 0.29) is 45.9 Å². The average molecular weight is 687 g/mol. The van der Waals surface area contributed by atoms with Gasteiger partial charge in [0.25, 0.3) is 0 Å². The smallest absolute Gasteiger partial charge is 0.322 e. The molecular weight excluding hydrogens is 631 g/mol. The van der Waals surface area contributed by atoms with Gasteiger partial charge in [-0.1, -0.05) is 30.3 Å². The summed E-state index contributed by atoms with van der Waals surface area (Å²) in [4.78, 5) is 50.6. The third-order valence-electron chi connectivity index (χ3n) is 10.3. The lowest BCUT2D eigenvalue weighted by Gasteiger charge is -2.43. The van der Waals surface area contributed by atoms with Gasteiger partial charge in [0, 0.05) is 93.0 Å². The Kier molecular flexibility index (Phi) is 10.5. The van der Waals surface area contributed by atoms with Crippen molar-refractivity contribution < 1.29 is 27.8 Å². The number of methoxy groups -OCH3 is 1. The van der Waals surface area contributed by atoms with Crippen LogP contribution in [-0.4, -0.2) is 120 Å². The molecule has 3 saturated heterocycles. The number of carbonyl (C=O) groups excluding carboxylic acids is 3. The Morgan fingerprint density at radius 1 is 1.00 bits per heavy atom. The van der Waals surface area contributed by atoms with Crippen LogP contribution in [0.2, 0.25) is 0 Å². The maximum Gasteiger partial charge on any atom is 0.322 e. The van der Waals surface area contributed by atoms with Gasteiger partial charge in [0.15, 0.2) is 0 Å². The predicted octanol–water partition coefficient (Wildman–Crippen LogP) is 5.54. The number of thioether (sulfide) groups is 1. The summed E-state index contributed by atoms with van der Waals surface area (Å²) in [7, 11) is 1.60. The van der Waals surface area contributed by atoms with E-state index in [4.69, 9.17) is 4.74 Å². The number of carbonyl (C=O) groups is 3. The first-order valence-electron chi connectivity index (χ1n) is 17.2. The van der Waals surface area contributed by atoms with Gasteiger partial charge in [0.2, 0.25) is 11.8 Å². The minimum atomic E-state index is -0.569. The summed E-state index contributed by atoms with van der Waals surface area (Å²) in [5.41, 5.74) is 3.35. The summed E-state index contributed by atoms with van der Waals surface area (Å²) in [5, 5.41) is 2.06. The number of likely N-dealkylation sites (tertiary alicyclic amines) is 1. The first-order valence-corrected chi connectivity index (χ1v) is 18.2. The van der Waals surface area contributed by atoms with Crippen molar-refractivity contribution in [3.8, 4) is 0 Å². The van der Waals surface area contributed by atoms with Gasteiger partial charge in [-0.25, -0.2) is 9.18 Å². The van der Waals surface area contributed by atoms with E-state index in [2.05, 4.69) is 35.9 Å². The number of hydrogen-bond donors (Lipinski definition) is 1. The molecule has 10 nitrogen and oxygen atoms in total. The minimum absolute atomic E-state index is 0. The van der Waals surface area contributed by atoms with Gasteiger partial charge in [0.05, 0.1) is 17.5 Å². The molecule has 48 heavy (non-hydrogen) atoms. The summed E-state index contributed by atoms with van der Waals surface area (Å²) in [6.07, 6.45) is 2.26. The van der Waals surface area contributed by atoms with Crippen LogP contribution in [0, 0.1) is 5.82 Å². The number of anilines is 2. The summed E-state index contributed by atoms with van der Waals surface area (Å²) in [5.74, 6) is -0.461. The lowest BCUT2D eigenvalue weighted by Crippen LogP contribution is -2.53. The zero-order valence-corrected chi connectivity index (χ0v) is 29.4. The molecule has 0 spiro atoms. The zero-order valence-electron chi connectivity index (χ0n) is 28.6. The fourth-order valence-corrected chi connectivity index (χ4v) is 8.99. The van der Waals surface area contributed by atoms with Crippen molar-refractivity contribution >= 4 is 41.0 Å². The highest BCUT2D eigenvalue weighted by molar-refractivity contribution is 8.01. The topological polar surface area (TPSA) is 88.7 Å². The second-order valence-corrected chi connectivity index (χ2v) is 15.5. The van der Waals surface area contributed by atoms with Gasteiger partial charge in [-0.3, -0.25) is 14.5 Å². The van der Waals surface area contributed by atoms with Crippen LogP contribution in [-0.2, 0) is 20.7 Å². The number of fused-ring (bicyclic) bond motifs is 1. The minimum Gasteiger partial charge on any atom is -0.383 e. The summed E-state index contributed by atoms with van der Waals surface area (Å²) in [6.45, 7) is 12.1. The Hall–Kier alpha value is -3.35. The van der Waals surface area contributed by atoms with Crippen molar-refractivity contribution in [2.75, 3.05) is 76.3 Å². The van der Waals surface area contributed by atoms with Crippen molar-refractivity contribution in [3.63, 3.8) is 0 Å². The van der Waals surface area contributed by atoms with E-state index < -0.39 is 10.6 Å². The molecule has 4 heterocycles. The van der Waals surface area contributed by atoms with Crippen LogP contribution in [0.3, 0.4) is 0 Å². The zero-order chi connectivity index (χ0) is 34.0. The van der Waals surface area contributed by atoms with E-state index in [1.165, 1.54) is 17.8 Å². The van der Waals surface area contributed by atoms with Gasteiger partial charge >= 0.3 is 6.03 Å². The fraction of sp³-hybridized carbons (Fsp3) is 0.583. The maximum absolute atomic E-state index is 15.6. The first kappa shape index (κ1) is 34.5. The molecule has 0 aliphatic carbocycles. The molecule has 4 amide bonds. The van der Waals surface area contributed by atoms with Crippen molar-refractivity contribution in [2.45, 2.75) is 68.7 Å². The van der Waals surface area contributed by atoms with Crippen molar-refractivity contribution in [1.29, 1.82) is 0 Å². The molecule has 1 unspecified atom stereocenters. The Balaban J connectivity index is 0.00000234. The molecule has 4 aliphatic heterocycles. The molecule has 6 rings (SSSR count). The molecule has 0 saturated carbocycles. The summed E-state index contributed by atoms with van der Waals surface area (Å²) >= 11 is 1.44. The molecule has 2 atom stereocenters. The van der Waals surface area contributed by atoms with Crippen molar-refractivity contribution in [2.24, 2.45) is 0 Å². The molecule has 12 heteroatoms. The number of urea groups is 1. The molecule has 0 bridgehead atoms. The lowest BCUT2D eigenvalue weighted by molar-refractivity contribution is -0.137. The molecule has 3 fully saturated rings. The molecular formula is C36H55FN6O4S. The molecule has 266 valence electrons. The van der Waals surface area contributed by atoms with Gasteiger partial charge in [0.1, 0.15) is 11.2 Å². The fourth-order valence-electron chi connectivity index (χ4n) is 7.50. The summed E-state index contributed by atoms with van der Waals surface area (Å²) in [6, 6.07) is 13.0. The number of ether oxygens (including phenoxy) is 1. The Bertz CT molecular complexity index is 1500. The Morgan fingerprint density at radius 3 is 2.44 bits per heavy atom. The number of piperidine rings is 1. The van der Waals surface area contributed by atoms with Gasteiger partial charge < -0.3 is 29.7 Å². The number of nitrogens with zero attached hydrogens (tertiary/aromatic N) is 5. The largest absolute Gasteiger partial charge is 0.383 e. The highest BCUT2D eigenvalue weighted by Gasteiger charge is 2.44. The number of hydrogen-bond acceptors (Lipinski definition) is 7. The quantitative estimate of drug-likeness (QED) is 0.390. The van der Waals surface area contributed by atoms with E-state index in [0.29, 0.717) is 64.4 Å². The molecule has 0 aromatic heterocycles. The SMILES string of the molecule is COCCN1C(=O)[C@H](CC(=O)N2CCC(N3CCc4ccccc4NC3=O)CC2)SC1c1cccc(F)c1N1CCN(C(C)(C)C)CC1.[HH].[HH].[HH]. The predicted molar refractivity (Wildman–Crippen MR) is 194 cm³/mol. The van der Waals surface area contributed by atoms with E-state index in [1.807, 2.05) is 40.1 Å². The van der Waals surface area contributed by atoms with Crippen LogP contribution >= 0.6 is 11.8 Å². The number of piperazine rings is 1. The number of amides is 4. The standard InChI is InChI=1S/C36H49FN6O4S.3H2/c1-36(2,3)41-20-18-40(19-21-41)32-27(9-7-10-28(32)37)34-43(22-23-47-4)33(45)30(48-34)24-31(44)39-15-13-26(14-16-39)42-17-12-25-8-5-6-11-29(25)38-35(42)46;;;/h5-11,26,30,34H,12-24H2,1-4H3,(H,38,46);3*1H/t30-,34?;;;/m0.../s1. The van der Waals surface area contributed by atoms with Crippen LogP contribution in [0.15, 0.2) is 42.5 Å². The normalized spacial score (nSPS) is 22.9. The molecule has 2 aromatic rings. The van der Waals surface area contributed by atoms with Crippen LogP contribution in [0.1, 0.15) is 60.8 Å². The van der Waals surface area contributed by atoms with E-state index in [1.54, 1.807) is 18.1 Å². The van der Waals surface area contributed by atoms with E-state index in [0.717, 1.165) is 36.3 Å². The van der Waals surface area contributed by atoms with E-state index >= 15 is 4.39 Å². The number of para-hydroxylation sites is 2. The third kappa shape index (κ3) is 7.30. The number of rotatable bonds is 8. The number of benzene rings is 2. The van der Waals surface area contributed by atoms with Crippen molar-refractivity contribution in [3.05, 3.63) is 59.4 Å². The number of nitrogens with one attached hydrogen (secondary N) is 1. The molecule has 2 aromatic carbocycles. The monoisotopic (exact) mass is 686 g/mol. The molecule has 4 aliphatic rings. The van der Waals surface area contributed by atoms with Crippen LogP contribution in [0.5, 0.6) is 0 Å². The lowest BCUT2D eigenvalue weighted by atomic mass is 10.0. The van der Waals surface area contributed by atoms with Crippen LogP contribution in [0.4, 0.5) is 20.6 Å². The van der Waals surface area contributed by atoms with Crippen LogP contribution in [0.25, 0.3) is 0 Å². The average Bonchev–Trinajstić information content (AvgIpc) is 3.26. The maximum atomic E-state index is 15.6. The van der Waals surface area contributed by atoms with Gasteiger partial charge in [-0.05, 0) is 57.7 Å². The number of halogens is 1. The highest BCUT2D eigenvalue weighted by Crippen LogP contribution is 2.48. The molecule has 1 N–H and O–H groups in total. The highest BCUT2D eigenvalue weighted by atomic mass is 32.2. The first-order chi connectivity index (χ1) is 23.0. The van der Waals surface area contributed by atoms with Gasteiger partial charge in [-0.2, -0.15) is 0 Å². The second kappa shape index (κ2) is 14.6.